The average molecular weight is 184 g/mol. The Morgan fingerprint density at radius 2 is 1.15 bits per heavy atom. The average Bonchev–Trinajstić information content (AvgIpc) is 2.02. The number of aliphatic hydroxyl groups excluding tert-OH is 2. The summed E-state index contributed by atoms with van der Waals surface area (Å²) >= 11 is 0. The smallest absolute Gasteiger partial charge is 0.0573 e. The van der Waals surface area contributed by atoms with Gasteiger partial charge < -0.3 is 10.2 Å². The molecule has 2 rings (SSSR count). The predicted molar refractivity (Wildman–Crippen MR) is 51.2 cm³/mol. The second-order valence-electron chi connectivity index (χ2n) is 5.12. The van der Waals surface area contributed by atoms with Crippen molar-refractivity contribution in [3.05, 3.63) is 0 Å². The Hall–Kier alpha value is -0.0800. The Morgan fingerprint density at radius 3 is 1.54 bits per heavy atom. The summed E-state index contributed by atoms with van der Waals surface area (Å²) in [5.74, 6) is 1.89. The van der Waals surface area contributed by atoms with Crippen LogP contribution in [-0.2, 0) is 0 Å². The molecule has 0 saturated heterocycles. The van der Waals surface area contributed by atoms with Crippen LogP contribution < -0.4 is 0 Å². The maximum absolute atomic E-state index is 9.87. The molecule has 13 heavy (non-hydrogen) atoms. The van der Waals surface area contributed by atoms with Crippen LogP contribution in [0.15, 0.2) is 0 Å². The predicted octanol–water partition coefficient (Wildman–Crippen LogP) is 1.41. The molecule has 2 N–H and O–H groups in total. The second-order valence-corrected chi connectivity index (χ2v) is 5.12. The zero-order valence-corrected chi connectivity index (χ0v) is 8.48. The molecule has 2 heteroatoms. The summed E-state index contributed by atoms with van der Waals surface area (Å²) in [6, 6.07) is 0. The Labute approximate surface area is 80.0 Å². The maximum atomic E-state index is 9.87. The van der Waals surface area contributed by atoms with Crippen LogP contribution in [0, 0.1) is 23.7 Å². The van der Waals surface area contributed by atoms with Gasteiger partial charge in [0.2, 0.25) is 0 Å². The van der Waals surface area contributed by atoms with E-state index >= 15 is 0 Å². The third kappa shape index (κ3) is 1.50. The molecule has 2 bridgehead atoms. The van der Waals surface area contributed by atoms with Crippen molar-refractivity contribution >= 4 is 0 Å². The van der Waals surface area contributed by atoms with Crippen LogP contribution in [0.25, 0.3) is 0 Å². The van der Waals surface area contributed by atoms with E-state index in [0.717, 1.165) is 19.3 Å². The molecule has 0 aromatic heterocycles. The topological polar surface area (TPSA) is 40.5 Å². The van der Waals surface area contributed by atoms with Crippen molar-refractivity contribution in [1.82, 2.24) is 0 Å². The van der Waals surface area contributed by atoms with E-state index < -0.39 is 0 Å². The molecule has 0 aliphatic heterocycles. The standard InChI is InChI=1S/C11H20O2/c1-6-3-10(12)9-5-8(6)11(13)4-7(9)2/h6-13H,3-5H2,1-2H3/t6-,7+,8-,9-,10+,11-/m0/s1. The van der Waals surface area contributed by atoms with Crippen molar-refractivity contribution in [2.45, 2.75) is 45.3 Å². The van der Waals surface area contributed by atoms with E-state index in [1.54, 1.807) is 0 Å². The van der Waals surface area contributed by atoms with Gasteiger partial charge in [0.25, 0.3) is 0 Å². The lowest BCUT2D eigenvalue weighted by Gasteiger charge is -2.47. The Kier molecular flexibility index (Phi) is 2.37. The van der Waals surface area contributed by atoms with E-state index in [9.17, 15) is 10.2 Å². The highest BCUT2D eigenvalue weighted by atomic mass is 16.3. The lowest BCUT2D eigenvalue weighted by molar-refractivity contribution is -0.0894. The van der Waals surface area contributed by atoms with Crippen molar-refractivity contribution in [2.24, 2.45) is 23.7 Å². The highest BCUT2D eigenvalue weighted by Gasteiger charge is 2.44. The summed E-state index contributed by atoms with van der Waals surface area (Å²) < 4.78 is 0. The van der Waals surface area contributed by atoms with Gasteiger partial charge in [-0.25, -0.2) is 0 Å². The van der Waals surface area contributed by atoms with Crippen LogP contribution in [0.2, 0.25) is 0 Å². The monoisotopic (exact) mass is 184 g/mol. The second kappa shape index (κ2) is 3.25. The molecule has 2 aliphatic carbocycles. The Balaban J connectivity index is 2.14. The molecule has 6 atom stereocenters. The summed E-state index contributed by atoms with van der Waals surface area (Å²) in [6.45, 7) is 4.31. The molecule has 2 aliphatic rings. The number of hydrogen-bond donors (Lipinski definition) is 2. The quantitative estimate of drug-likeness (QED) is 0.597. The minimum atomic E-state index is -0.117. The number of rotatable bonds is 0. The van der Waals surface area contributed by atoms with Crippen LogP contribution in [0.1, 0.15) is 33.1 Å². The van der Waals surface area contributed by atoms with Gasteiger partial charge in [0, 0.05) is 0 Å². The summed E-state index contributed by atoms with van der Waals surface area (Å²) in [6.07, 6.45) is 2.57. The van der Waals surface area contributed by atoms with E-state index in [1.807, 2.05) is 0 Å². The zero-order chi connectivity index (χ0) is 9.59. The molecule has 0 unspecified atom stereocenters. The fourth-order valence-electron chi connectivity index (χ4n) is 3.31. The first-order valence-corrected chi connectivity index (χ1v) is 5.45. The third-order valence-electron chi connectivity index (χ3n) is 4.22. The molecule has 0 aromatic carbocycles. The van der Waals surface area contributed by atoms with Crippen molar-refractivity contribution < 1.29 is 10.2 Å². The molecule has 0 spiro atoms. The van der Waals surface area contributed by atoms with Crippen LogP contribution in [0.4, 0.5) is 0 Å². The first-order chi connectivity index (χ1) is 6.09. The normalized spacial score (nSPS) is 56.3. The van der Waals surface area contributed by atoms with Gasteiger partial charge in [0.15, 0.2) is 0 Å². The highest BCUT2D eigenvalue weighted by Crippen LogP contribution is 2.45. The minimum absolute atomic E-state index is 0.117. The van der Waals surface area contributed by atoms with Crippen LogP contribution in [-0.4, -0.2) is 22.4 Å². The van der Waals surface area contributed by atoms with Gasteiger partial charge in [0.05, 0.1) is 12.2 Å². The molecule has 0 amide bonds. The summed E-state index contributed by atoms with van der Waals surface area (Å²) in [5, 5.41) is 19.7. The van der Waals surface area contributed by atoms with Crippen LogP contribution >= 0.6 is 0 Å². The molecule has 0 radical (unpaired) electrons. The van der Waals surface area contributed by atoms with Crippen LogP contribution in [0.3, 0.4) is 0 Å². The summed E-state index contributed by atoms with van der Waals surface area (Å²) in [5.41, 5.74) is 0. The first-order valence-electron chi connectivity index (χ1n) is 5.45. The SMILES string of the molecule is C[C@@H]1C[C@H](O)[C@H]2C[C@@H]1[C@H](O)C[C@@H]2C. The van der Waals surface area contributed by atoms with Gasteiger partial charge in [-0.15, -0.1) is 0 Å². The van der Waals surface area contributed by atoms with Gasteiger partial charge in [-0.1, -0.05) is 13.8 Å². The van der Waals surface area contributed by atoms with E-state index in [2.05, 4.69) is 13.8 Å². The van der Waals surface area contributed by atoms with Gasteiger partial charge in [-0.3, -0.25) is 0 Å². The number of hydrogen-bond acceptors (Lipinski definition) is 2. The van der Waals surface area contributed by atoms with E-state index in [1.165, 1.54) is 0 Å². The fourth-order valence-corrected chi connectivity index (χ4v) is 3.31. The first kappa shape index (κ1) is 9.47. The molecule has 2 saturated carbocycles. The lowest BCUT2D eigenvalue weighted by Crippen LogP contribution is -2.47. The maximum Gasteiger partial charge on any atom is 0.0573 e. The van der Waals surface area contributed by atoms with Crippen LogP contribution in [0.5, 0.6) is 0 Å². The zero-order valence-electron chi connectivity index (χ0n) is 8.48. The van der Waals surface area contributed by atoms with E-state index in [4.69, 9.17) is 0 Å². The van der Waals surface area contributed by atoms with Gasteiger partial charge in [-0.2, -0.15) is 0 Å². The Bertz CT molecular complexity index is 157. The number of fused-ring (bicyclic) bond motifs is 2. The van der Waals surface area contributed by atoms with Crippen molar-refractivity contribution in [2.75, 3.05) is 0 Å². The van der Waals surface area contributed by atoms with Gasteiger partial charge in [0.1, 0.15) is 0 Å². The molecule has 0 aromatic rings. The van der Waals surface area contributed by atoms with E-state index in [0.29, 0.717) is 23.7 Å². The molecule has 76 valence electrons. The van der Waals surface area contributed by atoms with Gasteiger partial charge >= 0.3 is 0 Å². The molecule has 2 nitrogen and oxygen atoms in total. The summed E-state index contributed by atoms with van der Waals surface area (Å²) in [7, 11) is 0. The fraction of sp³-hybridized carbons (Fsp3) is 1.00. The highest BCUT2D eigenvalue weighted by molar-refractivity contribution is 4.94. The number of aliphatic hydroxyl groups is 2. The third-order valence-corrected chi connectivity index (χ3v) is 4.22. The van der Waals surface area contributed by atoms with Crippen molar-refractivity contribution in [3.63, 3.8) is 0 Å². The molecule has 0 heterocycles. The molecular weight excluding hydrogens is 164 g/mol. The van der Waals surface area contributed by atoms with Crippen molar-refractivity contribution in [3.8, 4) is 0 Å². The summed E-state index contributed by atoms with van der Waals surface area (Å²) in [4.78, 5) is 0. The molecular formula is C11H20O2. The lowest BCUT2D eigenvalue weighted by atomic mass is 9.61. The molecule has 2 fully saturated rings. The van der Waals surface area contributed by atoms with Crippen molar-refractivity contribution in [1.29, 1.82) is 0 Å². The largest absolute Gasteiger partial charge is 0.393 e. The minimum Gasteiger partial charge on any atom is -0.393 e. The Morgan fingerprint density at radius 1 is 0.769 bits per heavy atom. The van der Waals surface area contributed by atoms with E-state index in [-0.39, 0.29) is 12.2 Å². The van der Waals surface area contributed by atoms with Gasteiger partial charge in [-0.05, 0) is 42.9 Å².